The Labute approximate surface area is 217 Å². The van der Waals surface area contributed by atoms with Crippen molar-refractivity contribution in [3.8, 4) is 11.5 Å². The number of carbonyl (C=O) groups is 1. The number of ether oxygens (including phenoxy) is 3. The maximum absolute atomic E-state index is 12.6. The van der Waals surface area contributed by atoms with Crippen molar-refractivity contribution in [1.29, 1.82) is 0 Å². The van der Waals surface area contributed by atoms with Gasteiger partial charge in [-0.1, -0.05) is 29.5 Å². The summed E-state index contributed by atoms with van der Waals surface area (Å²) >= 11 is 1.55. The topological polar surface area (TPSA) is 75.5 Å². The quantitative estimate of drug-likeness (QED) is 0.301. The molecule has 0 bridgehead atoms. The largest absolute Gasteiger partial charge is 0.573 e. The van der Waals surface area contributed by atoms with E-state index in [1.807, 2.05) is 30.3 Å². The molecular formula is C26H28F3N3O4S. The van der Waals surface area contributed by atoms with Gasteiger partial charge in [0.1, 0.15) is 16.5 Å². The Morgan fingerprint density at radius 2 is 1.81 bits per heavy atom. The van der Waals surface area contributed by atoms with Crippen LogP contribution in [0.2, 0.25) is 0 Å². The molecule has 7 nitrogen and oxygen atoms in total. The van der Waals surface area contributed by atoms with Gasteiger partial charge in [0, 0.05) is 5.25 Å². The Morgan fingerprint density at radius 1 is 1.08 bits per heavy atom. The molecule has 0 unspecified atom stereocenters. The molecule has 0 spiro atoms. The smallest absolute Gasteiger partial charge is 0.497 e. The highest BCUT2D eigenvalue weighted by atomic mass is 32.2. The Hall–Kier alpha value is -3.21. The molecule has 0 aliphatic heterocycles. The summed E-state index contributed by atoms with van der Waals surface area (Å²) in [5.41, 5.74) is 2.01. The van der Waals surface area contributed by atoms with Gasteiger partial charge >= 0.3 is 12.3 Å². The molecule has 3 aromatic rings. The van der Waals surface area contributed by atoms with E-state index in [1.54, 1.807) is 36.5 Å². The summed E-state index contributed by atoms with van der Waals surface area (Å²) in [6.45, 7) is 2.40. The Kier molecular flexibility index (Phi) is 8.63. The molecule has 1 heterocycles. The SMILES string of the molecule is CCOC(=O)c1nnn(Cc2ccc(OC)cc2)c1SC1CCC(c2cccc(OC(F)(F)F)c2)CC1. The summed E-state index contributed by atoms with van der Waals surface area (Å²) in [6.07, 6.45) is -1.44. The van der Waals surface area contributed by atoms with Gasteiger partial charge in [-0.15, -0.1) is 30.0 Å². The van der Waals surface area contributed by atoms with Crippen molar-refractivity contribution in [2.24, 2.45) is 0 Å². The highest BCUT2D eigenvalue weighted by Crippen LogP contribution is 2.41. The van der Waals surface area contributed by atoms with Crippen molar-refractivity contribution < 1.29 is 32.2 Å². The van der Waals surface area contributed by atoms with Crippen molar-refractivity contribution in [2.45, 2.75) is 61.7 Å². The molecule has 1 aromatic heterocycles. The van der Waals surface area contributed by atoms with Crippen molar-refractivity contribution in [3.63, 3.8) is 0 Å². The first-order chi connectivity index (χ1) is 17.8. The number of hydrogen-bond donors (Lipinski definition) is 0. The lowest BCUT2D eigenvalue weighted by atomic mass is 9.84. The summed E-state index contributed by atoms with van der Waals surface area (Å²) in [4.78, 5) is 12.6. The number of methoxy groups -OCH3 is 1. The first kappa shape index (κ1) is 26.8. The molecule has 11 heteroatoms. The van der Waals surface area contributed by atoms with Crippen LogP contribution in [0.4, 0.5) is 13.2 Å². The summed E-state index contributed by atoms with van der Waals surface area (Å²) in [6, 6.07) is 13.8. The van der Waals surface area contributed by atoms with E-state index >= 15 is 0 Å². The lowest BCUT2D eigenvalue weighted by molar-refractivity contribution is -0.274. The zero-order valence-electron chi connectivity index (χ0n) is 20.5. The van der Waals surface area contributed by atoms with Gasteiger partial charge in [0.2, 0.25) is 5.69 Å². The second-order valence-electron chi connectivity index (χ2n) is 8.68. The molecule has 0 radical (unpaired) electrons. The first-order valence-corrected chi connectivity index (χ1v) is 12.9. The van der Waals surface area contributed by atoms with Crippen molar-refractivity contribution in [1.82, 2.24) is 15.0 Å². The van der Waals surface area contributed by atoms with Gasteiger partial charge in [-0.25, -0.2) is 9.48 Å². The second-order valence-corrected chi connectivity index (χ2v) is 9.97. The summed E-state index contributed by atoms with van der Waals surface area (Å²) in [7, 11) is 1.61. The van der Waals surface area contributed by atoms with Crippen LogP contribution >= 0.6 is 11.8 Å². The third-order valence-electron chi connectivity index (χ3n) is 6.17. The van der Waals surface area contributed by atoms with Gasteiger partial charge in [-0.2, -0.15) is 0 Å². The van der Waals surface area contributed by atoms with E-state index in [0.717, 1.165) is 42.6 Å². The van der Waals surface area contributed by atoms with Gasteiger partial charge in [0.25, 0.3) is 0 Å². The van der Waals surface area contributed by atoms with Gasteiger partial charge in [0.05, 0.1) is 20.3 Å². The lowest BCUT2D eigenvalue weighted by Gasteiger charge is -2.28. The van der Waals surface area contributed by atoms with Gasteiger partial charge < -0.3 is 14.2 Å². The predicted octanol–water partition coefficient (Wildman–Crippen LogP) is 6.23. The zero-order valence-corrected chi connectivity index (χ0v) is 21.3. The normalized spacial score (nSPS) is 17.9. The molecular weight excluding hydrogens is 507 g/mol. The molecule has 1 aliphatic rings. The van der Waals surface area contributed by atoms with Crippen LogP contribution in [0.5, 0.6) is 11.5 Å². The maximum Gasteiger partial charge on any atom is 0.573 e. The Balaban J connectivity index is 1.45. The maximum atomic E-state index is 12.6. The predicted molar refractivity (Wildman–Crippen MR) is 132 cm³/mol. The summed E-state index contributed by atoms with van der Waals surface area (Å²) in [5, 5.41) is 9.20. The molecule has 0 amide bonds. The third-order valence-corrected chi connectivity index (χ3v) is 7.60. The number of benzene rings is 2. The van der Waals surface area contributed by atoms with Crippen molar-refractivity contribution in [3.05, 3.63) is 65.4 Å². The highest BCUT2D eigenvalue weighted by molar-refractivity contribution is 7.99. The van der Waals surface area contributed by atoms with E-state index in [9.17, 15) is 18.0 Å². The Morgan fingerprint density at radius 3 is 2.46 bits per heavy atom. The minimum Gasteiger partial charge on any atom is -0.497 e. The minimum atomic E-state index is -4.72. The average Bonchev–Trinajstić information content (AvgIpc) is 3.26. The standard InChI is InChI=1S/C26H28F3N3O4S/c1-3-35-25(33)23-24(32(31-30-23)16-17-7-11-20(34-2)12-8-17)37-22-13-9-18(10-14-22)19-5-4-6-21(15-19)36-26(27,28)29/h4-8,11-12,15,18,22H,3,9-10,13-14,16H2,1-2H3. The molecule has 198 valence electrons. The summed E-state index contributed by atoms with van der Waals surface area (Å²) < 4.78 is 54.0. The van der Waals surface area contributed by atoms with Crippen molar-refractivity contribution >= 4 is 17.7 Å². The fraction of sp³-hybridized carbons (Fsp3) is 0.423. The average molecular weight is 536 g/mol. The van der Waals surface area contributed by atoms with E-state index in [1.165, 1.54) is 12.1 Å². The Bertz CT molecular complexity index is 1190. The van der Waals surface area contributed by atoms with Crippen LogP contribution in [-0.4, -0.2) is 46.3 Å². The van der Waals surface area contributed by atoms with Crippen molar-refractivity contribution in [2.75, 3.05) is 13.7 Å². The number of halogens is 3. The molecule has 1 aliphatic carbocycles. The van der Waals surface area contributed by atoms with Crippen LogP contribution in [0, 0.1) is 0 Å². The van der Waals surface area contributed by atoms with Crippen LogP contribution in [0.3, 0.4) is 0 Å². The van der Waals surface area contributed by atoms with Gasteiger partial charge in [0.15, 0.2) is 0 Å². The van der Waals surface area contributed by atoms with Crippen LogP contribution in [0.1, 0.15) is 60.1 Å². The molecule has 2 aromatic carbocycles. The number of aromatic nitrogens is 3. The molecule has 37 heavy (non-hydrogen) atoms. The fourth-order valence-corrected chi connectivity index (χ4v) is 5.68. The molecule has 1 fully saturated rings. The van der Waals surface area contributed by atoms with E-state index < -0.39 is 12.3 Å². The zero-order chi connectivity index (χ0) is 26.4. The third kappa shape index (κ3) is 7.18. The van der Waals surface area contributed by atoms with Crippen LogP contribution < -0.4 is 9.47 Å². The summed E-state index contributed by atoms with van der Waals surface area (Å²) in [5.74, 6) is 0.173. The number of esters is 1. The number of rotatable bonds is 9. The highest BCUT2D eigenvalue weighted by Gasteiger charge is 2.32. The molecule has 1 saturated carbocycles. The van der Waals surface area contributed by atoms with E-state index in [-0.39, 0.29) is 29.2 Å². The van der Waals surface area contributed by atoms with Gasteiger partial charge in [-0.05, 0) is 73.9 Å². The number of hydrogen-bond acceptors (Lipinski definition) is 7. The number of nitrogens with zero attached hydrogens (tertiary/aromatic N) is 3. The van der Waals surface area contributed by atoms with Crippen LogP contribution in [-0.2, 0) is 11.3 Å². The second kappa shape index (κ2) is 11.9. The number of thioether (sulfide) groups is 1. The fourth-order valence-electron chi connectivity index (χ4n) is 4.39. The minimum absolute atomic E-state index is 0.139. The number of alkyl halides is 3. The monoisotopic (exact) mass is 535 g/mol. The molecule has 0 saturated heterocycles. The van der Waals surface area contributed by atoms with Crippen LogP contribution in [0.15, 0.2) is 53.6 Å². The first-order valence-electron chi connectivity index (χ1n) is 12.0. The lowest BCUT2D eigenvalue weighted by Crippen LogP contribution is -2.18. The van der Waals surface area contributed by atoms with Gasteiger partial charge in [-0.3, -0.25) is 0 Å². The molecule has 0 N–H and O–H groups in total. The van der Waals surface area contributed by atoms with Crippen LogP contribution in [0.25, 0.3) is 0 Å². The number of carbonyl (C=O) groups excluding carboxylic acids is 1. The van der Waals surface area contributed by atoms with E-state index in [0.29, 0.717) is 11.6 Å². The molecule has 0 atom stereocenters. The molecule has 4 rings (SSSR count). The van der Waals surface area contributed by atoms with E-state index in [2.05, 4.69) is 15.0 Å². The van der Waals surface area contributed by atoms with E-state index in [4.69, 9.17) is 9.47 Å².